The van der Waals surface area contributed by atoms with Crippen LogP contribution in [0.3, 0.4) is 0 Å². The Balaban J connectivity index is 1.61. The van der Waals surface area contributed by atoms with E-state index in [1.54, 1.807) is 6.08 Å². The molecular formula is C36H46N6O4. The van der Waals surface area contributed by atoms with E-state index in [4.69, 9.17) is 29.4 Å². The molecule has 1 aliphatic rings. The molecule has 0 bridgehead atoms. The molecular weight excluding hydrogens is 580 g/mol. The Kier molecular flexibility index (Phi) is 9.79. The first-order valence-electron chi connectivity index (χ1n) is 15.9. The summed E-state index contributed by atoms with van der Waals surface area (Å²) in [5, 5.41) is 9.86. The van der Waals surface area contributed by atoms with Crippen molar-refractivity contribution in [3.63, 3.8) is 0 Å². The molecule has 1 fully saturated rings. The van der Waals surface area contributed by atoms with E-state index in [1.165, 1.54) is 7.11 Å². The number of aryl methyl sites for hydroxylation is 2. The number of fused-ring (bicyclic) bond motifs is 1. The lowest BCUT2D eigenvalue weighted by Gasteiger charge is -2.41. The molecule has 4 aromatic rings. The van der Waals surface area contributed by atoms with Crippen LogP contribution in [0, 0.1) is 6.92 Å². The van der Waals surface area contributed by atoms with Gasteiger partial charge in [-0.2, -0.15) is 14.7 Å². The lowest BCUT2D eigenvalue weighted by molar-refractivity contribution is -0.164. The van der Waals surface area contributed by atoms with Crippen molar-refractivity contribution in [1.82, 2.24) is 24.4 Å². The number of hydrogen-bond acceptors (Lipinski definition) is 8. The summed E-state index contributed by atoms with van der Waals surface area (Å²) in [4.78, 5) is 20.5. The number of methoxy groups -OCH3 is 1. The maximum absolute atomic E-state index is 13.3. The van der Waals surface area contributed by atoms with Crippen LogP contribution >= 0.6 is 0 Å². The lowest BCUT2D eigenvalue weighted by atomic mass is 9.92. The number of anilines is 1. The zero-order chi connectivity index (χ0) is 33.1. The minimum absolute atomic E-state index is 0.274. The molecule has 0 radical (unpaired) electrons. The summed E-state index contributed by atoms with van der Waals surface area (Å²) in [7, 11) is 1.38. The first kappa shape index (κ1) is 33.1. The number of esters is 1. The van der Waals surface area contributed by atoms with E-state index >= 15 is 0 Å². The van der Waals surface area contributed by atoms with Gasteiger partial charge in [-0.25, -0.2) is 14.5 Å². The molecule has 1 aliphatic heterocycles. The fraction of sp³-hybridized carbons (Fsp3) is 0.444. The van der Waals surface area contributed by atoms with E-state index in [0.717, 1.165) is 54.1 Å². The minimum Gasteiger partial charge on any atom is -0.467 e. The van der Waals surface area contributed by atoms with Crippen molar-refractivity contribution in [1.29, 1.82) is 0 Å². The van der Waals surface area contributed by atoms with Crippen molar-refractivity contribution in [2.75, 3.05) is 31.7 Å². The zero-order valence-corrected chi connectivity index (χ0v) is 28.0. The highest BCUT2D eigenvalue weighted by Crippen LogP contribution is 2.38. The molecule has 0 amide bonds. The molecule has 0 unspecified atom stereocenters. The fourth-order valence-electron chi connectivity index (χ4n) is 5.85. The van der Waals surface area contributed by atoms with Gasteiger partial charge in [0.15, 0.2) is 11.8 Å². The molecule has 10 heteroatoms. The van der Waals surface area contributed by atoms with Gasteiger partial charge in [0.1, 0.15) is 5.82 Å². The van der Waals surface area contributed by atoms with E-state index in [1.807, 2.05) is 79.5 Å². The van der Waals surface area contributed by atoms with Crippen molar-refractivity contribution in [2.45, 2.75) is 77.6 Å². The van der Waals surface area contributed by atoms with E-state index in [2.05, 4.69) is 31.0 Å². The van der Waals surface area contributed by atoms with Gasteiger partial charge in [0.25, 0.3) is 0 Å². The molecule has 4 heterocycles. The number of ether oxygens (including phenoxy) is 3. The highest BCUT2D eigenvalue weighted by atomic mass is 16.6. The summed E-state index contributed by atoms with van der Waals surface area (Å²) in [6.45, 7) is 19.3. The molecule has 0 saturated carbocycles. The molecule has 1 atom stereocenters. The van der Waals surface area contributed by atoms with E-state index in [-0.39, 0.29) is 5.60 Å². The number of hydrogen-bond donors (Lipinski definition) is 0. The number of aromatic nitrogens is 5. The Labute approximate surface area is 271 Å². The molecule has 3 aromatic heterocycles. The first-order chi connectivity index (χ1) is 21.9. The van der Waals surface area contributed by atoms with Crippen LogP contribution in [0.25, 0.3) is 22.6 Å². The second-order valence-electron chi connectivity index (χ2n) is 13.0. The molecule has 1 aromatic carbocycles. The average molecular weight is 627 g/mol. The Bertz CT molecular complexity index is 1710. The number of carbonyl (C=O) groups excluding carboxylic acids is 1. The fourth-order valence-corrected chi connectivity index (χ4v) is 5.85. The Morgan fingerprint density at radius 1 is 1.11 bits per heavy atom. The highest BCUT2D eigenvalue weighted by Gasteiger charge is 2.38. The molecule has 1 saturated heterocycles. The molecule has 0 aliphatic carbocycles. The quantitative estimate of drug-likeness (QED) is 0.128. The van der Waals surface area contributed by atoms with Gasteiger partial charge in [0, 0.05) is 36.6 Å². The summed E-state index contributed by atoms with van der Waals surface area (Å²) in [5.41, 5.74) is 4.75. The van der Waals surface area contributed by atoms with Gasteiger partial charge >= 0.3 is 5.97 Å². The van der Waals surface area contributed by atoms with Crippen LogP contribution < -0.4 is 4.90 Å². The van der Waals surface area contributed by atoms with Gasteiger partial charge in [-0.3, -0.25) is 0 Å². The van der Waals surface area contributed by atoms with Crippen LogP contribution in [0.1, 0.15) is 70.0 Å². The van der Waals surface area contributed by atoms with Crippen LogP contribution in [0.2, 0.25) is 0 Å². The number of nitrogens with zero attached hydrogens (tertiary/aromatic N) is 6. The molecule has 46 heavy (non-hydrogen) atoms. The molecule has 10 nitrogen and oxygen atoms in total. The maximum atomic E-state index is 13.3. The third-order valence-electron chi connectivity index (χ3n) is 8.28. The molecule has 0 N–H and O–H groups in total. The largest absolute Gasteiger partial charge is 0.467 e. The van der Waals surface area contributed by atoms with E-state index in [9.17, 15) is 4.79 Å². The molecule has 5 rings (SSSR count). The third kappa shape index (κ3) is 7.24. The van der Waals surface area contributed by atoms with Gasteiger partial charge in [-0.05, 0) is 78.5 Å². The summed E-state index contributed by atoms with van der Waals surface area (Å²) in [5.74, 6) is 0.289. The van der Waals surface area contributed by atoms with Gasteiger partial charge in [0.2, 0.25) is 0 Å². The summed E-state index contributed by atoms with van der Waals surface area (Å²) in [6.07, 6.45) is 7.98. The SMILES string of the molecule is C=CCCc1ccn(-c2cccc(-c3cc4nc(C)c([C@H](OC(C)(C)C)C(=O)OC)c(N5CCC(C)(OCC=C)CC5)n4n3)c2)n1. The van der Waals surface area contributed by atoms with Gasteiger partial charge in [0.05, 0.1) is 47.6 Å². The Morgan fingerprint density at radius 3 is 2.54 bits per heavy atom. The van der Waals surface area contributed by atoms with Crippen LogP contribution in [-0.4, -0.2) is 68.4 Å². The second-order valence-corrected chi connectivity index (χ2v) is 13.0. The average Bonchev–Trinajstić information content (AvgIpc) is 3.68. The summed E-state index contributed by atoms with van der Waals surface area (Å²) >= 11 is 0. The summed E-state index contributed by atoms with van der Waals surface area (Å²) in [6, 6.07) is 12.2. The third-order valence-corrected chi connectivity index (χ3v) is 8.28. The van der Waals surface area contributed by atoms with Crippen molar-refractivity contribution >= 4 is 17.4 Å². The van der Waals surface area contributed by atoms with Crippen molar-refractivity contribution in [3.05, 3.63) is 84.9 Å². The first-order valence-corrected chi connectivity index (χ1v) is 15.9. The van der Waals surface area contributed by atoms with Gasteiger partial charge < -0.3 is 19.1 Å². The number of rotatable bonds is 12. The van der Waals surface area contributed by atoms with Crippen molar-refractivity contribution in [3.8, 4) is 16.9 Å². The number of benzene rings is 1. The maximum Gasteiger partial charge on any atom is 0.339 e. The van der Waals surface area contributed by atoms with Crippen LogP contribution in [0.15, 0.2) is 67.9 Å². The second kappa shape index (κ2) is 13.6. The topological polar surface area (TPSA) is 96.0 Å². The van der Waals surface area contributed by atoms with Crippen LogP contribution in [-0.2, 0) is 25.4 Å². The molecule has 244 valence electrons. The Hall–Kier alpha value is -4.28. The zero-order valence-electron chi connectivity index (χ0n) is 28.0. The van der Waals surface area contributed by atoms with Crippen LogP contribution in [0.4, 0.5) is 5.82 Å². The predicted octanol–water partition coefficient (Wildman–Crippen LogP) is 6.60. The van der Waals surface area contributed by atoms with E-state index in [0.29, 0.717) is 36.6 Å². The monoisotopic (exact) mass is 626 g/mol. The predicted molar refractivity (Wildman–Crippen MR) is 180 cm³/mol. The van der Waals surface area contributed by atoms with Gasteiger partial charge in [-0.1, -0.05) is 24.3 Å². The lowest BCUT2D eigenvalue weighted by Crippen LogP contribution is -2.45. The number of allylic oxidation sites excluding steroid dienone is 1. The smallest absolute Gasteiger partial charge is 0.339 e. The number of piperidine rings is 1. The minimum atomic E-state index is -0.992. The summed E-state index contributed by atoms with van der Waals surface area (Å²) < 4.78 is 21.5. The van der Waals surface area contributed by atoms with Crippen molar-refractivity contribution in [2.24, 2.45) is 0 Å². The standard InChI is InChI=1S/C36H46N6O4/c1-9-11-14-27-16-19-41(38-27)28-15-12-13-26(23-28)29-24-30-37-25(3)31(32(34(43)44-8)46-35(4,5)6)33(42(30)39-29)40-20-17-36(7,18-21-40)45-22-10-2/h9-10,12-13,15-16,19,23-24,32H,1-2,11,14,17-18,20-22H2,3-8H3/t32-/m0/s1. The number of carbonyl (C=O) groups is 1. The van der Waals surface area contributed by atoms with Crippen molar-refractivity contribution < 1.29 is 19.0 Å². The van der Waals surface area contributed by atoms with E-state index < -0.39 is 17.7 Å². The van der Waals surface area contributed by atoms with Gasteiger partial charge in [-0.15, -0.1) is 13.2 Å². The highest BCUT2D eigenvalue weighted by molar-refractivity contribution is 5.80. The van der Waals surface area contributed by atoms with Crippen LogP contribution in [0.5, 0.6) is 0 Å². The Morgan fingerprint density at radius 2 is 1.87 bits per heavy atom. The molecule has 0 spiro atoms. The normalized spacial score (nSPS) is 15.6.